The lowest BCUT2D eigenvalue weighted by molar-refractivity contribution is 0.199. The zero-order valence-electron chi connectivity index (χ0n) is 11.2. The van der Waals surface area contributed by atoms with Gasteiger partial charge in [-0.15, -0.1) is 0 Å². The van der Waals surface area contributed by atoms with Crippen molar-refractivity contribution in [2.75, 3.05) is 20.3 Å². The first kappa shape index (κ1) is 14.4. The van der Waals surface area contributed by atoms with Crippen LogP contribution in [0.2, 0.25) is 0 Å². The maximum absolute atomic E-state index is 5.03. The van der Waals surface area contributed by atoms with Gasteiger partial charge in [-0.25, -0.2) is 4.98 Å². The van der Waals surface area contributed by atoms with E-state index in [1.165, 1.54) is 17.1 Å². The van der Waals surface area contributed by atoms with Crippen LogP contribution in [0, 0.1) is 6.92 Å². The molecule has 19 heavy (non-hydrogen) atoms. The predicted octanol–water partition coefficient (Wildman–Crippen LogP) is 1.47. The molecule has 0 aliphatic rings. The Balaban J connectivity index is 2.08. The third kappa shape index (κ3) is 3.75. The summed E-state index contributed by atoms with van der Waals surface area (Å²) in [6.07, 6.45) is 1.58. The second-order valence-electron chi connectivity index (χ2n) is 3.97. The van der Waals surface area contributed by atoms with Gasteiger partial charge in [-0.3, -0.25) is 4.68 Å². The Kier molecular flexibility index (Phi) is 5.32. The highest BCUT2D eigenvalue weighted by Crippen LogP contribution is 2.31. The molecule has 8 heteroatoms. The minimum Gasteiger partial charge on any atom is -0.383 e. The van der Waals surface area contributed by atoms with Crippen LogP contribution in [-0.4, -0.2) is 39.4 Å². The summed E-state index contributed by atoms with van der Waals surface area (Å²) in [6.45, 7) is 4.34. The van der Waals surface area contributed by atoms with Gasteiger partial charge in [0.25, 0.3) is 0 Å². The fraction of sp³-hybridized carbons (Fsp3) is 0.545. The van der Waals surface area contributed by atoms with Crippen LogP contribution in [0.1, 0.15) is 11.3 Å². The number of nitrogens with zero attached hydrogens (tertiary/aromatic N) is 4. The number of methoxy groups -OCH3 is 1. The number of rotatable bonds is 7. The zero-order valence-corrected chi connectivity index (χ0v) is 12.8. The van der Waals surface area contributed by atoms with Gasteiger partial charge in [-0.2, -0.15) is 9.47 Å². The summed E-state index contributed by atoms with van der Waals surface area (Å²) < 4.78 is 11.9. The molecule has 0 radical (unpaired) electrons. The lowest BCUT2D eigenvalue weighted by Gasteiger charge is -2.06. The highest BCUT2D eigenvalue weighted by Gasteiger charge is 2.15. The summed E-state index contributed by atoms with van der Waals surface area (Å²) in [5.41, 5.74) is 2.25. The monoisotopic (exact) mass is 299 g/mol. The molecule has 104 valence electrons. The largest absolute Gasteiger partial charge is 0.383 e. The molecule has 0 bridgehead atoms. The van der Waals surface area contributed by atoms with Crippen molar-refractivity contribution < 1.29 is 4.74 Å². The topological polar surface area (TPSA) is 64.9 Å². The molecule has 0 saturated heterocycles. The third-order valence-electron chi connectivity index (χ3n) is 2.60. The van der Waals surface area contributed by atoms with Gasteiger partial charge in [-0.1, -0.05) is 0 Å². The van der Waals surface area contributed by atoms with Gasteiger partial charge >= 0.3 is 0 Å². The summed E-state index contributed by atoms with van der Waals surface area (Å²) >= 11 is 3.00. The Morgan fingerprint density at radius 1 is 1.53 bits per heavy atom. The van der Waals surface area contributed by atoms with E-state index in [0.29, 0.717) is 6.61 Å². The molecule has 0 saturated carbocycles. The molecule has 0 fully saturated rings. The number of aryl methyl sites for hydroxylation is 2. The maximum Gasteiger partial charge on any atom is 0.175 e. The SMILES string of the molecule is COCCNCc1c(C)nn(C)c1Sc1ncns1. The first-order valence-corrected chi connectivity index (χ1v) is 7.48. The second-order valence-corrected chi connectivity index (χ2v) is 5.99. The van der Waals surface area contributed by atoms with Gasteiger partial charge in [0.2, 0.25) is 0 Å². The Morgan fingerprint density at radius 2 is 2.37 bits per heavy atom. The number of hydrogen-bond donors (Lipinski definition) is 1. The van der Waals surface area contributed by atoms with E-state index in [1.54, 1.807) is 25.2 Å². The summed E-state index contributed by atoms with van der Waals surface area (Å²) in [4.78, 5) is 4.20. The van der Waals surface area contributed by atoms with E-state index in [0.717, 1.165) is 28.1 Å². The van der Waals surface area contributed by atoms with E-state index in [4.69, 9.17) is 4.74 Å². The number of hydrogen-bond acceptors (Lipinski definition) is 7. The molecule has 0 atom stereocenters. The standard InChI is InChI=1S/C11H17N5OS2/c1-8-9(6-12-4-5-17-3)10(16(2)15-8)18-11-13-7-14-19-11/h7,12H,4-6H2,1-3H3. The van der Waals surface area contributed by atoms with Crippen molar-refractivity contribution in [3.05, 3.63) is 17.6 Å². The number of ether oxygens (including phenoxy) is 1. The Labute approximate surface area is 120 Å². The van der Waals surface area contributed by atoms with Crippen LogP contribution in [0.3, 0.4) is 0 Å². The van der Waals surface area contributed by atoms with Crippen molar-refractivity contribution in [1.82, 2.24) is 24.5 Å². The van der Waals surface area contributed by atoms with Gasteiger partial charge in [0.05, 0.1) is 12.3 Å². The third-order valence-corrected chi connectivity index (χ3v) is 4.52. The average molecular weight is 299 g/mol. The van der Waals surface area contributed by atoms with E-state index in [-0.39, 0.29) is 0 Å². The second kappa shape index (κ2) is 6.99. The Morgan fingerprint density at radius 3 is 3.05 bits per heavy atom. The Bertz CT molecular complexity index is 511. The molecule has 2 aromatic rings. The molecule has 2 rings (SSSR count). The molecule has 0 unspecified atom stereocenters. The van der Waals surface area contributed by atoms with Gasteiger partial charge in [0.15, 0.2) is 4.34 Å². The van der Waals surface area contributed by atoms with Crippen molar-refractivity contribution in [2.24, 2.45) is 7.05 Å². The quantitative estimate of drug-likeness (QED) is 0.781. The fourth-order valence-electron chi connectivity index (χ4n) is 1.69. The minimum absolute atomic E-state index is 0.707. The highest BCUT2D eigenvalue weighted by atomic mass is 32.2. The van der Waals surface area contributed by atoms with Crippen LogP contribution in [0.5, 0.6) is 0 Å². The minimum atomic E-state index is 0.707. The summed E-state index contributed by atoms with van der Waals surface area (Å²) in [5, 5.41) is 8.93. The van der Waals surface area contributed by atoms with Crippen LogP contribution in [0.25, 0.3) is 0 Å². The molecule has 2 heterocycles. The predicted molar refractivity (Wildman–Crippen MR) is 75.6 cm³/mol. The molecule has 0 aliphatic carbocycles. The molecule has 1 N–H and O–H groups in total. The normalized spacial score (nSPS) is 11.1. The van der Waals surface area contributed by atoms with Gasteiger partial charge in [-0.05, 0) is 30.2 Å². The average Bonchev–Trinajstić information content (AvgIpc) is 2.97. The van der Waals surface area contributed by atoms with Crippen molar-refractivity contribution in [1.29, 1.82) is 0 Å². The molecule has 0 spiro atoms. The Hall–Kier alpha value is -0.960. The lowest BCUT2D eigenvalue weighted by atomic mass is 10.2. The summed E-state index contributed by atoms with van der Waals surface area (Å²) in [5.74, 6) is 0. The molecular formula is C11H17N5OS2. The van der Waals surface area contributed by atoms with Crippen molar-refractivity contribution in [2.45, 2.75) is 22.8 Å². The van der Waals surface area contributed by atoms with E-state index < -0.39 is 0 Å². The molecule has 0 amide bonds. The van der Waals surface area contributed by atoms with Gasteiger partial charge in [0.1, 0.15) is 11.4 Å². The molecular weight excluding hydrogens is 282 g/mol. The van der Waals surface area contributed by atoms with Gasteiger partial charge < -0.3 is 10.1 Å². The molecule has 0 aromatic carbocycles. The smallest absolute Gasteiger partial charge is 0.175 e. The van der Waals surface area contributed by atoms with Crippen LogP contribution < -0.4 is 5.32 Å². The highest BCUT2D eigenvalue weighted by molar-refractivity contribution is 8.00. The van der Waals surface area contributed by atoms with Crippen LogP contribution in [0.15, 0.2) is 15.7 Å². The van der Waals surface area contributed by atoms with E-state index in [9.17, 15) is 0 Å². The molecule has 2 aromatic heterocycles. The van der Waals surface area contributed by atoms with E-state index in [1.807, 2.05) is 18.7 Å². The summed E-state index contributed by atoms with van der Waals surface area (Å²) in [6, 6.07) is 0. The van der Waals surface area contributed by atoms with Crippen LogP contribution >= 0.6 is 23.3 Å². The van der Waals surface area contributed by atoms with Crippen LogP contribution in [-0.2, 0) is 18.3 Å². The maximum atomic E-state index is 5.03. The van der Waals surface area contributed by atoms with Crippen molar-refractivity contribution in [3.8, 4) is 0 Å². The lowest BCUT2D eigenvalue weighted by Crippen LogP contribution is -2.19. The van der Waals surface area contributed by atoms with Crippen molar-refractivity contribution in [3.63, 3.8) is 0 Å². The van der Waals surface area contributed by atoms with Gasteiger partial charge in [0, 0.05) is 32.8 Å². The first-order valence-electron chi connectivity index (χ1n) is 5.89. The zero-order chi connectivity index (χ0) is 13.7. The number of aromatic nitrogens is 4. The fourth-order valence-corrected chi connectivity index (χ4v) is 3.27. The van der Waals surface area contributed by atoms with Crippen molar-refractivity contribution >= 4 is 23.3 Å². The van der Waals surface area contributed by atoms with E-state index >= 15 is 0 Å². The molecule has 0 aliphatic heterocycles. The first-order chi connectivity index (χ1) is 9.22. The van der Waals surface area contributed by atoms with E-state index in [2.05, 4.69) is 19.8 Å². The summed E-state index contributed by atoms with van der Waals surface area (Å²) in [7, 11) is 3.66. The van der Waals surface area contributed by atoms with Crippen LogP contribution in [0.4, 0.5) is 0 Å². The molecule has 6 nitrogen and oxygen atoms in total. The number of nitrogens with one attached hydrogen (secondary N) is 1.